The van der Waals surface area contributed by atoms with Gasteiger partial charge in [-0.05, 0) is 136 Å². The van der Waals surface area contributed by atoms with Crippen LogP contribution in [0.3, 0.4) is 0 Å². The van der Waals surface area contributed by atoms with Gasteiger partial charge in [-0.1, -0.05) is 142 Å². The lowest BCUT2D eigenvalue weighted by Crippen LogP contribution is -2.14. The van der Waals surface area contributed by atoms with Gasteiger partial charge in [0.05, 0.1) is 5.30 Å². The van der Waals surface area contributed by atoms with E-state index in [0.717, 1.165) is 55.3 Å². The fourth-order valence-corrected chi connectivity index (χ4v) is 8.38. The van der Waals surface area contributed by atoms with Gasteiger partial charge in [-0.2, -0.15) is 0 Å². The van der Waals surface area contributed by atoms with Crippen molar-refractivity contribution in [3.8, 4) is 11.5 Å². The zero-order valence-electron chi connectivity index (χ0n) is 31.6. The number of hydrogen-bond acceptors (Lipinski definition) is 3. The third-order valence-corrected chi connectivity index (χ3v) is 11.7. The first-order valence-corrected chi connectivity index (χ1v) is 22.3. The molecule has 4 heteroatoms. The van der Waals surface area contributed by atoms with Gasteiger partial charge in [-0.15, -0.1) is 13.2 Å². The molecule has 0 aliphatic rings. The molecule has 0 unspecified atom stereocenters. The summed E-state index contributed by atoms with van der Waals surface area (Å²) in [5, 5.41) is 0.916. The molecule has 52 heavy (non-hydrogen) atoms. The van der Waals surface area contributed by atoms with Gasteiger partial charge >= 0.3 is 6.49 Å². The Morgan fingerprint density at radius 1 is 0.462 bits per heavy atom. The van der Waals surface area contributed by atoms with E-state index in [0.29, 0.717) is 0 Å². The highest BCUT2D eigenvalue weighted by Gasteiger charge is 2.26. The van der Waals surface area contributed by atoms with Crippen molar-refractivity contribution in [2.45, 2.75) is 116 Å². The van der Waals surface area contributed by atoms with Gasteiger partial charge in [0.25, 0.3) is 0 Å². The Morgan fingerprint density at radius 2 is 0.885 bits per heavy atom. The molecule has 0 bridgehead atoms. The summed E-state index contributed by atoms with van der Waals surface area (Å²) in [6.45, 7) is 4.62. The van der Waals surface area contributed by atoms with Crippen LogP contribution in [0.15, 0.2) is 153 Å². The first-order valence-electron chi connectivity index (χ1n) is 19.7. The highest BCUT2D eigenvalue weighted by Crippen LogP contribution is 2.48. The Balaban J connectivity index is 1.44. The molecular weight excluding hydrogens is 672 g/mol. The van der Waals surface area contributed by atoms with Crippen LogP contribution in [0.1, 0.15) is 114 Å². The lowest BCUT2D eigenvalue weighted by molar-refractivity contribution is 0.497. The molecule has 0 radical (unpaired) electrons. The predicted octanol–water partition coefficient (Wildman–Crippen LogP) is 14.7. The molecule has 0 aliphatic carbocycles. The Bertz CT molecular complexity index is 1470. The summed E-state index contributed by atoms with van der Waals surface area (Å²) in [4.78, 5) is 0. The molecule has 0 atom stereocenters. The number of unbranched alkanes of at least 4 members (excludes halogenated alkanes) is 10. The van der Waals surface area contributed by atoms with Crippen LogP contribution in [0.5, 0.6) is 11.5 Å². The molecule has 0 amide bonds. The van der Waals surface area contributed by atoms with Gasteiger partial charge in [-0.25, -0.2) is 0 Å². The number of allylic oxidation sites excluding steroid dienone is 10. The van der Waals surface area contributed by atoms with Gasteiger partial charge < -0.3 is 9.05 Å². The molecule has 0 aliphatic heterocycles. The van der Waals surface area contributed by atoms with E-state index in [1.54, 1.807) is 0 Å². The summed E-state index contributed by atoms with van der Waals surface area (Å²) in [5.74, 6) is 1.56. The molecule has 0 saturated heterocycles. The van der Waals surface area contributed by atoms with Crippen LogP contribution < -0.4 is 14.4 Å². The summed E-state index contributed by atoms with van der Waals surface area (Å²) in [6.07, 6.45) is 42.6. The van der Waals surface area contributed by atoms with Gasteiger partial charge in [0, 0.05) is 0 Å². The maximum absolute atomic E-state index is 6.65. The molecule has 0 N–H and O–H groups in total. The van der Waals surface area contributed by atoms with Crippen molar-refractivity contribution in [2.24, 2.45) is 0 Å². The van der Waals surface area contributed by atoms with Crippen molar-refractivity contribution >= 4 is 23.6 Å². The van der Waals surface area contributed by atoms with Crippen LogP contribution in [0.25, 0.3) is 0 Å². The van der Waals surface area contributed by atoms with E-state index in [1.807, 2.05) is 54.6 Å². The molecule has 0 aromatic heterocycles. The van der Waals surface area contributed by atoms with Crippen molar-refractivity contribution in [3.05, 3.63) is 164 Å². The van der Waals surface area contributed by atoms with Crippen LogP contribution in [-0.4, -0.2) is 0 Å². The van der Waals surface area contributed by atoms with Crippen LogP contribution in [0.2, 0.25) is 0 Å². The van der Waals surface area contributed by atoms with E-state index in [9.17, 15) is 0 Å². The van der Waals surface area contributed by atoms with Crippen LogP contribution >= 0.6 is 6.49 Å². The first-order chi connectivity index (χ1) is 25.6. The van der Waals surface area contributed by atoms with E-state index in [4.69, 9.17) is 20.9 Å². The monoisotopic (exact) mass is 734 g/mol. The minimum atomic E-state index is -2.87. The van der Waals surface area contributed by atoms with E-state index >= 15 is 0 Å². The zero-order valence-corrected chi connectivity index (χ0v) is 33.3. The fraction of sp³-hybridized carbons (Fsp3) is 0.375. The molecule has 278 valence electrons. The standard InChI is InChI=1S/C48H63O2PS/c1-3-5-7-9-11-13-15-17-19-21-23-25-28-34-44-36-32-38-46(42-44)49-51(52,48-40-30-27-31-41-48)50-47-39-33-37-45(43-47)35-29-26-24-22-20-18-16-14-12-10-8-6-4-2/h3-4,7-10,13-16,27,30-33,36-43H,1-2,5-6,11-12,17-26,28-29,34-35H2/b9-7+,10-8+,15-13+,16-14+. The lowest BCUT2D eigenvalue weighted by atomic mass is 10.0. The Labute approximate surface area is 322 Å². The summed E-state index contributed by atoms with van der Waals surface area (Å²) < 4.78 is 13.3. The number of benzene rings is 3. The maximum atomic E-state index is 6.65. The summed E-state index contributed by atoms with van der Waals surface area (Å²) in [7, 11) is 0. The van der Waals surface area contributed by atoms with Gasteiger partial charge in [0.2, 0.25) is 0 Å². The molecule has 3 rings (SSSR count). The van der Waals surface area contributed by atoms with E-state index in [1.165, 1.54) is 88.2 Å². The fourth-order valence-electron chi connectivity index (χ4n) is 5.93. The van der Waals surface area contributed by atoms with Crippen LogP contribution in [0.4, 0.5) is 0 Å². The Hall–Kier alpha value is -3.65. The number of rotatable bonds is 29. The second-order valence-electron chi connectivity index (χ2n) is 13.3. The number of aryl methyl sites for hydroxylation is 2. The van der Waals surface area contributed by atoms with Crippen molar-refractivity contribution < 1.29 is 9.05 Å². The van der Waals surface area contributed by atoms with Crippen molar-refractivity contribution in [3.63, 3.8) is 0 Å². The normalized spacial score (nSPS) is 12.0. The molecular formula is C48H63O2PS. The summed E-state index contributed by atoms with van der Waals surface area (Å²) in [5.41, 5.74) is 2.57. The maximum Gasteiger partial charge on any atom is 0.319 e. The smallest absolute Gasteiger partial charge is 0.319 e. The minimum absolute atomic E-state index is 0.780. The average molecular weight is 735 g/mol. The van der Waals surface area contributed by atoms with Crippen LogP contribution in [0, 0.1) is 0 Å². The molecule has 0 saturated carbocycles. The Kier molecular flexibility index (Phi) is 23.0. The largest absolute Gasteiger partial charge is 0.432 e. The zero-order chi connectivity index (χ0) is 36.8. The van der Waals surface area contributed by atoms with Crippen molar-refractivity contribution in [2.75, 3.05) is 0 Å². The minimum Gasteiger partial charge on any atom is -0.432 e. The SMILES string of the molecule is C=CC/C=C/C/C=C/CCCCCCCc1cccc(OP(=S)(Oc2cccc(CCCCCCC/C=C/C/C=C/CC=C)c2)c2ccccc2)c1. The molecule has 0 heterocycles. The average Bonchev–Trinajstić information content (AvgIpc) is 3.16. The highest BCUT2D eigenvalue weighted by molar-refractivity contribution is 8.13. The van der Waals surface area contributed by atoms with Crippen molar-refractivity contribution in [1.82, 2.24) is 0 Å². The first kappa shape index (κ1) is 42.8. The molecule has 0 fully saturated rings. The topological polar surface area (TPSA) is 18.5 Å². The Morgan fingerprint density at radius 3 is 1.37 bits per heavy atom. The summed E-state index contributed by atoms with van der Waals surface area (Å²) in [6, 6.07) is 27.0. The molecule has 2 nitrogen and oxygen atoms in total. The van der Waals surface area contributed by atoms with Gasteiger partial charge in [-0.3, -0.25) is 0 Å². The van der Waals surface area contributed by atoms with E-state index in [-0.39, 0.29) is 0 Å². The highest BCUT2D eigenvalue weighted by atomic mass is 32.5. The third-order valence-electron chi connectivity index (χ3n) is 8.81. The third kappa shape index (κ3) is 19.3. The quantitative estimate of drug-likeness (QED) is 0.0402. The van der Waals surface area contributed by atoms with Gasteiger partial charge in [0.1, 0.15) is 11.5 Å². The summed E-state index contributed by atoms with van der Waals surface area (Å²) >= 11 is 6.26. The van der Waals surface area contributed by atoms with E-state index < -0.39 is 6.49 Å². The second kappa shape index (κ2) is 27.9. The van der Waals surface area contributed by atoms with E-state index in [2.05, 4.69) is 98.2 Å². The number of hydrogen-bond donors (Lipinski definition) is 0. The predicted molar refractivity (Wildman–Crippen MR) is 233 cm³/mol. The van der Waals surface area contributed by atoms with Gasteiger partial charge in [0.15, 0.2) is 0 Å². The second-order valence-corrected chi connectivity index (χ2v) is 16.6. The molecule has 3 aromatic rings. The molecule has 3 aromatic carbocycles. The van der Waals surface area contributed by atoms with Crippen molar-refractivity contribution in [1.29, 1.82) is 0 Å². The lowest BCUT2D eigenvalue weighted by Gasteiger charge is -2.24. The molecule has 0 spiro atoms. The van der Waals surface area contributed by atoms with Crippen LogP contribution in [-0.2, 0) is 24.6 Å².